The van der Waals surface area contributed by atoms with Crippen LogP contribution < -0.4 is 0 Å². The molecule has 0 amide bonds. The lowest BCUT2D eigenvalue weighted by Gasteiger charge is -2.27. The Balaban J connectivity index is 1.87. The summed E-state index contributed by atoms with van der Waals surface area (Å²) in [5.41, 5.74) is 1.33. The Labute approximate surface area is 121 Å². The fourth-order valence-corrected chi connectivity index (χ4v) is 3.51. The lowest BCUT2D eigenvalue weighted by atomic mass is 9.76. The largest absolute Gasteiger partial charge is 0.299 e. The highest BCUT2D eigenvalue weighted by atomic mass is 16.1. The summed E-state index contributed by atoms with van der Waals surface area (Å²) in [5.74, 6) is 1.45. The maximum Gasteiger partial charge on any atom is 0.136 e. The van der Waals surface area contributed by atoms with Gasteiger partial charge in [-0.05, 0) is 41.5 Å². The lowest BCUT2D eigenvalue weighted by Crippen LogP contribution is -2.26. The molecule has 2 unspecified atom stereocenters. The summed E-state index contributed by atoms with van der Waals surface area (Å²) in [7, 11) is 0. The molecule has 1 aliphatic carbocycles. The molecule has 0 heterocycles. The predicted octanol–water partition coefficient (Wildman–Crippen LogP) is 4.78. The molecule has 0 N–H and O–H groups in total. The number of rotatable bonds is 3. The van der Waals surface area contributed by atoms with Crippen LogP contribution in [0.25, 0.3) is 10.8 Å². The van der Waals surface area contributed by atoms with Gasteiger partial charge in [-0.15, -0.1) is 0 Å². The molecule has 1 fully saturated rings. The highest BCUT2D eigenvalue weighted by Crippen LogP contribution is 2.32. The maximum atomic E-state index is 12.2. The zero-order valence-electron chi connectivity index (χ0n) is 12.1. The van der Waals surface area contributed by atoms with E-state index in [2.05, 4.69) is 49.4 Å². The molecule has 1 aliphatic rings. The average Bonchev–Trinajstić information content (AvgIpc) is 2.50. The van der Waals surface area contributed by atoms with Gasteiger partial charge in [0.25, 0.3) is 0 Å². The smallest absolute Gasteiger partial charge is 0.136 e. The molecule has 0 saturated heterocycles. The molecule has 0 aliphatic heterocycles. The number of hydrogen-bond donors (Lipinski definition) is 0. The molecular weight excluding hydrogens is 244 g/mol. The van der Waals surface area contributed by atoms with Gasteiger partial charge in [0.05, 0.1) is 0 Å². The Morgan fingerprint density at radius 1 is 1.10 bits per heavy atom. The molecule has 2 aromatic carbocycles. The molecule has 0 spiro atoms. The Bertz CT molecular complexity index is 609. The molecule has 0 aromatic heterocycles. The van der Waals surface area contributed by atoms with Gasteiger partial charge in [0, 0.05) is 12.3 Å². The second kappa shape index (κ2) is 5.78. The Morgan fingerprint density at radius 2 is 1.90 bits per heavy atom. The second-order valence-corrected chi connectivity index (χ2v) is 6.05. The van der Waals surface area contributed by atoms with E-state index in [0.717, 1.165) is 31.6 Å². The van der Waals surface area contributed by atoms with E-state index in [1.807, 2.05) is 0 Å². The van der Waals surface area contributed by atoms with E-state index in [-0.39, 0.29) is 5.92 Å². The molecule has 1 saturated carbocycles. The van der Waals surface area contributed by atoms with Crippen LogP contribution in [0.5, 0.6) is 0 Å². The zero-order valence-corrected chi connectivity index (χ0v) is 12.1. The molecule has 0 bridgehead atoms. The summed E-state index contributed by atoms with van der Waals surface area (Å²) in [4.78, 5) is 12.2. The first kappa shape index (κ1) is 13.4. The fourth-order valence-electron chi connectivity index (χ4n) is 3.51. The fraction of sp³-hybridized carbons (Fsp3) is 0.421. The summed E-state index contributed by atoms with van der Waals surface area (Å²) >= 11 is 0. The normalized spacial score (nSPS) is 23.1. The van der Waals surface area contributed by atoms with Crippen molar-refractivity contribution in [2.75, 3.05) is 0 Å². The summed E-state index contributed by atoms with van der Waals surface area (Å²) < 4.78 is 0. The molecule has 2 aromatic rings. The molecule has 104 valence electrons. The summed E-state index contributed by atoms with van der Waals surface area (Å²) in [6.45, 7) is 2.25. The molecule has 0 radical (unpaired) electrons. The van der Waals surface area contributed by atoms with Crippen LogP contribution >= 0.6 is 0 Å². The maximum absolute atomic E-state index is 12.2. The number of fused-ring (bicyclic) bond motifs is 1. The van der Waals surface area contributed by atoms with Crippen molar-refractivity contribution in [2.24, 2.45) is 11.8 Å². The van der Waals surface area contributed by atoms with Gasteiger partial charge in [0.1, 0.15) is 5.78 Å². The van der Waals surface area contributed by atoms with Crippen molar-refractivity contribution in [3.8, 4) is 0 Å². The summed E-state index contributed by atoms with van der Waals surface area (Å²) in [6, 6.07) is 14.9. The monoisotopic (exact) mass is 266 g/mol. The van der Waals surface area contributed by atoms with Crippen molar-refractivity contribution in [2.45, 2.75) is 39.0 Å². The van der Waals surface area contributed by atoms with Gasteiger partial charge in [0.15, 0.2) is 0 Å². The molecule has 1 heteroatoms. The zero-order chi connectivity index (χ0) is 13.9. The number of carbonyl (C=O) groups is 1. The van der Waals surface area contributed by atoms with Crippen molar-refractivity contribution < 1.29 is 4.79 Å². The first-order valence-corrected chi connectivity index (χ1v) is 7.77. The van der Waals surface area contributed by atoms with E-state index < -0.39 is 0 Å². The van der Waals surface area contributed by atoms with E-state index in [1.165, 1.54) is 22.8 Å². The van der Waals surface area contributed by atoms with Crippen LogP contribution in [0.15, 0.2) is 42.5 Å². The predicted molar refractivity (Wildman–Crippen MR) is 83.8 cm³/mol. The van der Waals surface area contributed by atoms with Gasteiger partial charge in [-0.25, -0.2) is 0 Å². The third-order valence-electron chi connectivity index (χ3n) is 4.80. The minimum Gasteiger partial charge on any atom is -0.299 e. The summed E-state index contributed by atoms with van der Waals surface area (Å²) in [6.07, 6.45) is 5.09. The van der Waals surface area contributed by atoms with Crippen LogP contribution in [0.2, 0.25) is 0 Å². The van der Waals surface area contributed by atoms with Crippen LogP contribution in [0, 0.1) is 11.8 Å². The number of Topliss-reactive ketones (excluding diaryl/α,β-unsaturated/α-hetero) is 1. The first-order chi connectivity index (χ1) is 9.78. The molecule has 2 atom stereocenters. The van der Waals surface area contributed by atoms with Gasteiger partial charge >= 0.3 is 0 Å². The minimum atomic E-state index is 0.236. The van der Waals surface area contributed by atoms with Gasteiger partial charge in [-0.1, -0.05) is 55.8 Å². The highest BCUT2D eigenvalue weighted by molar-refractivity contribution is 5.87. The van der Waals surface area contributed by atoms with Crippen molar-refractivity contribution >= 4 is 16.6 Å². The second-order valence-electron chi connectivity index (χ2n) is 6.05. The van der Waals surface area contributed by atoms with Gasteiger partial charge in [-0.2, -0.15) is 0 Å². The molecular formula is C19H22O. The number of hydrogen-bond acceptors (Lipinski definition) is 1. The number of ketones is 1. The van der Waals surface area contributed by atoms with Crippen molar-refractivity contribution in [3.63, 3.8) is 0 Å². The molecule has 20 heavy (non-hydrogen) atoms. The van der Waals surface area contributed by atoms with Crippen molar-refractivity contribution in [1.29, 1.82) is 0 Å². The number of benzene rings is 2. The quantitative estimate of drug-likeness (QED) is 0.781. The average molecular weight is 266 g/mol. The highest BCUT2D eigenvalue weighted by Gasteiger charge is 2.28. The van der Waals surface area contributed by atoms with Crippen LogP contribution in [0.1, 0.15) is 38.2 Å². The van der Waals surface area contributed by atoms with Crippen LogP contribution in [0.3, 0.4) is 0 Å². The first-order valence-electron chi connectivity index (χ1n) is 7.77. The topological polar surface area (TPSA) is 17.1 Å². The Morgan fingerprint density at radius 3 is 2.75 bits per heavy atom. The third-order valence-corrected chi connectivity index (χ3v) is 4.80. The van der Waals surface area contributed by atoms with E-state index >= 15 is 0 Å². The third kappa shape index (κ3) is 2.63. The van der Waals surface area contributed by atoms with Gasteiger partial charge in [-0.3, -0.25) is 4.79 Å². The molecule has 1 nitrogen and oxygen atoms in total. The SMILES string of the molecule is CCC1CCC(=O)C(Cc2cccc3ccccc23)C1. The minimum absolute atomic E-state index is 0.236. The Hall–Kier alpha value is -1.63. The van der Waals surface area contributed by atoms with Crippen LogP contribution in [0.4, 0.5) is 0 Å². The van der Waals surface area contributed by atoms with Crippen LogP contribution in [-0.2, 0) is 11.2 Å². The Kier molecular flexibility index (Phi) is 3.86. The molecule has 3 rings (SSSR count). The summed E-state index contributed by atoms with van der Waals surface area (Å²) in [5, 5.41) is 2.58. The standard InChI is InChI=1S/C19H22O/c1-2-14-10-11-19(20)17(12-14)13-16-8-5-7-15-6-3-4-9-18(15)16/h3-9,14,17H,2,10-13H2,1H3. The van der Waals surface area contributed by atoms with E-state index in [9.17, 15) is 4.79 Å². The van der Waals surface area contributed by atoms with Gasteiger partial charge < -0.3 is 0 Å². The van der Waals surface area contributed by atoms with Crippen molar-refractivity contribution in [3.05, 3.63) is 48.0 Å². The van der Waals surface area contributed by atoms with E-state index in [0.29, 0.717) is 5.78 Å². The van der Waals surface area contributed by atoms with Gasteiger partial charge in [0.2, 0.25) is 0 Å². The number of carbonyl (C=O) groups excluding carboxylic acids is 1. The van der Waals surface area contributed by atoms with E-state index in [4.69, 9.17) is 0 Å². The van der Waals surface area contributed by atoms with E-state index in [1.54, 1.807) is 0 Å². The van der Waals surface area contributed by atoms with Crippen molar-refractivity contribution in [1.82, 2.24) is 0 Å². The lowest BCUT2D eigenvalue weighted by molar-refractivity contribution is -0.125. The van der Waals surface area contributed by atoms with Crippen LogP contribution in [-0.4, -0.2) is 5.78 Å².